The van der Waals surface area contributed by atoms with Crippen LogP contribution in [-0.4, -0.2) is 5.78 Å². The number of benzene rings is 4. The molecule has 0 aliphatic heterocycles. The summed E-state index contributed by atoms with van der Waals surface area (Å²) in [6.07, 6.45) is 0. The maximum Gasteiger partial charge on any atom is 0.193 e. The van der Waals surface area contributed by atoms with Gasteiger partial charge in [0.05, 0.1) is 0 Å². The number of ether oxygens (including phenoxy) is 1. The zero-order chi connectivity index (χ0) is 18.7. The third kappa shape index (κ3) is 5.68. The second-order valence-electron chi connectivity index (χ2n) is 5.79. The highest BCUT2D eigenvalue weighted by molar-refractivity contribution is 6.08. The minimum absolute atomic E-state index is 0.0752. The standard InChI is InChI=1S/C13H10O.C12H10O/c14-13(11-7-3-1-4-8-11)12-9-5-2-6-10-12;1-3-7-11(8-4-1)13-12-9-5-2-6-10-12/h1-10H;1-10H. The predicted molar refractivity (Wildman–Crippen MR) is 109 cm³/mol. The Morgan fingerprint density at radius 3 is 1.07 bits per heavy atom. The van der Waals surface area contributed by atoms with E-state index in [1.54, 1.807) is 0 Å². The largest absolute Gasteiger partial charge is 0.457 e. The van der Waals surface area contributed by atoms with Gasteiger partial charge in [-0.2, -0.15) is 0 Å². The average molecular weight is 352 g/mol. The number of hydrogen-bond acceptors (Lipinski definition) is 2. The van der Waals surface area contributed by atoms with Gasteiger partial charge >= 0.3 is 0 Å². The van der Waals surface area contributed by atoms with E-state index in [1.165, 1.54) is 0 Å². The Morgan fingerprint density at radius 1 is 0.444 bits per heavy atom. The zero-order valence-electron chi connectivity index (χ0n) is 14.9. The summed E-state index contributed by atoms with van der Waals surface area (Å²) in [6.45, 7) is 0. The molecule has 0 aromatic heterocycles. The molecule has 0 saturated heterocycles. The number of carbonyl (C=O) groups is 1. The molecular formula is C25H20O2. The summed E-state index contributed by atoms with van der Waals surface area (Å²) in [4.78, 5) is 11.8. The molecule has 0 spiro atoms. The van der Waals surface area contributed by atoms with Crippen molar-refractivity contribution >= 4 is 5.78 Å². The molecule has 4 aromatic carbocycles. The molecule has 27 heavy (non-hydrogen) atoms. The van der Waals surface area contributed by atoms with E-state index in [4.69, 9.17) is 4.74 Å². The number of carbonyl (C=O) groups excluding carboxylic acids is 1. The fourth-order valence-corrected chi connectivity index (χ4v) is 2.46. The fraction of sp³-hybridized carbons (Fsp3) is 0. The van der Waals surface area contributed by atoms with Crippen molar-refractivity contribution in [3.8, 4) is 11.5 Å². The summed E-state index contributed by atoms with van der Waals surface area (Å²) in [6, 6.07) is 38.1. The average Bonchev–Trinajstić information content (AvgIpc) is 2.76. The lowest BCUT2D eigenvalue weighted by Crippen LogP contribution is -1.99. The first-order valence-corrected chi connectivity index (χ1v) is 8.76. The lowest BCUT2D eigenvalue weighted by Gasteiger charge is -2.03. The predicted octanol–water partition coefficient (Wildman–Crippen LogP) is 6.40. The van der Waals surface area contributed by atoms with Gasteiger partial charge in [0, 0.05) is 11.1 Å². The van der Waals surface area contributed by atoms with Crippen LogP contribution in [0.4, 0.5) is 0 Å². The van der Waals surface area contributed by atoms with E-state index >= 15 is 0 Å². The van der Waals surface area contributed by atoms with Gasteiger partial charge in [0.15, 0.2) is 5.78 Å². The molecule has 0 N–H and O–H groups in total. The van der Waals surface area contributed by atoms with Crippen molar-refractivity contribution in [2.45, 2.75) is 0 Å². The zero-order valence-corrected chi connectivity index (χ0v) is 14.9. The highest BCUT2D eigenvalue weighted by Gasteiger charge is 2.06. The van der Waals surface area contributed by atoms with E-state index in [9.17, 15) is 4.79 Å². The van der Waals surface area contributed by atoms with Crippen molar-refractivity contribution in [1.29, 1.82) is 0 Å². The van der Waals surface area contributed by atoms with Crippen LogP contribution in [0.5, 0.6) is 11.5 Å². The monoisotopic (exact) mass is 352 g/mol. The van der Waals surface area contributed by atoms with E-state index in [0.29, 0.717) is 0 Å². The van der Waals surface area contributed by atoms with E-state index < -0.39 is 0 Å². The van der Waals surface area contributed by atoms with Crippen molar-refractivity contribution < 1.29 is 9.53 Å². The molecule has 132 valence electrons. The van der Waals surface area contributed by atoms with Gasteiger partial charge < -0.3 is 4.74 Å². The van der Waals surface area contributed by atoms with Gasteiger partial charge in [0.1, 0.15) is 11.5 Å². The summed E-state index contributed by atoms with van der Waals surface area (Å²) < 4.78 is 5.58. The van der Waals surface area contributed by atoms with E-state index in [-0.39, 0.29) is 5.78 Å². The Bertz CT molecular complexity index is 855. The normalized spacial score (nSPS) is 9.63. The van der Waals surface area contributed by atoms with Gasteiger partial charge in [-0.1, -0.05) is 97.1 Å². The minimum Gasteiger partial charge on any atom is -0.457 e. The van der Waals surface area contributed by atoms with E-state index in [2.05, 4.69) is 0 Å². The molecule has 0 fully saturated rings. The molecule has 0 radical (unpaired) electrons. The van der Waals surface area contributed by atoms with Crippen LogP contribution in [-0.2, 0) is 0 Å². The topological polar surface area (TPSA) is 26.3 Å². The first-order chi connectivity index (χ1) is 13.3. The van der Waals surface area contributed by atoms with Gasteiger partial charge in [0.25, 0.3) is 0 Å². The van der Waals surface area contributed by atoms with Gasteiger partial charge in [-0.25, -0.2) is 0 Å². The van der Waals surface area contributed by atoms with Crippen LogP contribution in [0.3, 0.4) is 0 Å². The molecule has 0 heterocycles. The Labute approximate surface area is 159 Å². The van der Waals surface area contributed by atoms with Crippen LogP contribution >= 0.6 is 0 Å². The lowest BCUT2D eigenvalue weighted by atomic mass is 10.0. The van der Waals surface area contributed by atoms with Gasteiger partial charge in [-0.05, 0) is 24.3 Å². The fourth-order valence-electron chi connectivity index (χ4n) is 2.46. The van der Waals surface area contributed by atoms with E-state index in [0.717, 1.165) is 22.6 Å². The third-order valence-corrected chi connectivity index (χ3v) is 3.79. The van der Waals surface area contributed by atoms with Crippen LogP contribution in [0.1, 0.15) is 15.9 Å². The van der Waals surface area contributed by atoms with Crippen molar-refractivity contribution in [2.24, 2.45) is 0 Å². The van der Waals surface area contributed by atoms with Crippen LogP contribution in [0.2, 0.25) is 0 Å². The maximum atomic E-state index is 11.8. The Balaban J connectivity index is 0.000000156. The Hall–Kier alpha value is -3.65. The second kappa shape index (κ2) is 9.73. The van der Waals surface area contributed by atoms with Crippen LogP contribution in [0.15, 0.2) is 121 Å². The molecule has 0 amide bonds. The smallest absolute Gasteiger partial charge is 0.193 e. The van der Waals surface area contributed by atoms with Crippen molar-refractivity contribution in [1.82, 2.24) is 0 Å². The summed E-state index contributed by atoms with van der Waals surface area (Å²) in [5, 5.41) is 0. The number of rotatable bonds is 4. The summed E-state index contributed by atoms with van der Waals surface area (Å²) in [5.74, 6) is 1.81. The van der Waals surface area contributed by atoms with Crippen LogP contribution in [0, 0.1) is 0 Å². The number of para-hydroxylation sites is 2. The first-order valence-electron chi connectivity index (χ1n) is 8.76. The Kier molecular flexibility index (Phi) is 6.54. The lowest BCUT2D eigenvalue weighted by molar-refractivity contribution is 0.103. The minimum atomic E-state index is 0.0752. The SMILES string of the molecule is O=C(c1ccccc1)c1ccccc1.c1ccc(Oc2ccccc2)cc1. The number of ketones is 1. The molecule has 4 rings (SSSR count). The van der Waals surface area contributed by atoms with Gasteiger partial charge in [-0.3, -0.25) is 4.79 Å². The molecular weight excluding hydrogens is 332 g/mol. The highest BCUT2D eigenvalue weighted by Crippen LogP contribution is 2.19. The van der Waals surface area contributed by atoms with Crippen molar-refractivity contribution in [3.63, 3.8) is 0 Å². The summed E-state index contributed by atoms with van der Waals surface area (Å²) in [5.41, 5.74) is 1.47. The maximum absolute atomic E-state index is 11.8. The summed E-state index contributed by atoms with van der Waals surface area (Å²) in [7, 11) is 0. The molecule has 0 bridgehead atoms. The molecule has 0 aliphatic carbocycles. The second-order valence-corrected chi connectivity index (χ2v) is 5.79. The van der Waals surface area contributed by atoms with Crippen molar-refractivity contribution in [3.05, 3.63) is 132 Å². The molecule has 0 unspecified atom stereocenters. The molecule has 0 saturated carbocycles. The third-order valence-electron chi connectivity index (χ3n) is 3.79. The highest BCUT2D eigenvalue weighted by atomic mass is 16.5. The van der Waals surface area contributed by atoms with Crippen molar-refractivity contribution in [2.75, 3.05) is 0 Å². The molecule has 0 atom stereocenters. The van der Waals surface area contributed by atoms with E-state index in [1.807, 2.05) is 121 Å². The Morgan fingerprint density at radius 2 is 0.741 bits per heavy atom. The summed E-state index contributed by atoms with van der Waals surface area (Å²) >= 11 is 0. The van der Waals surface area contributed by atoms with Crippen LogP contribution < -0.4 is 4.74 Å². The molecule has 2 heteroatoms. The quantitative estimate of drug-likeness (QED) is 0.397. The van der Waals surface area contributed by atoms with Crippen LogP contribution in [0.25, 0.3) is 0 Å². The van der Waals surface area contributed by atoms with Gasteiger partial charge in [0.2, 0.25) is 0 Å². The van der Waals surface area contributed by atoms with Gasteiger partial charge in [-0.15, -0.1) is 0 Å². The molecule has 0 aliphatic rings. The molecule has 2 nitrogen and oxygen atoms in total. The first kappa shape index (κ1) is 18.2. The molecule has 4 aromatic rings. The number of hydrogen-bond donors (Lipinski definition) is 0.